The van der Waals surface area contributed by atoms with Crippen LogP contribution in [0.1, 0.15) is 19.4 Å². The molecule has 1 aromatic carbocycles. The Labute approximate surface area is 110 Å². The van der Waals surface area contributed by atoms with Crippen LogP contribution in [-0.4, -0.2) is 25.8 Å². The van der Waals surface area contributed by atoms with E-state index in [1.165, 1.54) is 18.2 Å². The first kappa shape index (κ1) is 15.8. The Balaban J connectivity index is 3.19. The van der Waals surface area contributed by atoms with Gasteiger partial charge in [0.2, 0.25) is 0 Å². The van der Waals surface area contributed by atoms with E-state index in [0.717, 1.165) is 4.90 Å². The van der Waals surface area contributed by atoms with E-state index in [9.17, 15) is 17.6 Å². The highest BCUT2D eigenvalue weighted by atomic mass is 19.4. The van der Waals surface area contributed by atoms with E-state index in [0.29, 0.717) is 0 Å². The summed E-state index contributed by atoms with van der Waals surface area (Å²) in [6, 6.07) is 3.82. The van der Waals surface area contributed by atoms with Crippen LogP contribution in [0, 0.1) is 5.82 Å². The normalized spacial score (nSPS) is 12.0. The van der Waals surface area contributed by atoms with Gasteiger partial charge >= 0.3 is 6.18 Å². The van der Waals surface area contributed by atoms with E-state index in [4.69, 9.17) is 0 Å². The van der Waals surface area contributed by atoms with Crippen molar-refractivity contribution in [3.05, 3.63) is 29.6 Å². The van der Waals surface area contributed by atoms with E-state index in [1.807, 2.05) is 0 Å². The van der Waals surface area contributed by atoms with Gasteiger partial charge in [0.1, 0.15) is 12.4 Å². The summed E-state index contributed by atoms with van der Waals surface area (Å²) in [5.41, 5.74) is 0.532. The lowest BCUT2D eigenvalue weighted by atomic mass is 10.1. The van der Waals surface area contributed by atoms with Gasteiger partial charge in [-0.15, -0.1) is 0 Å². The maximum atomic E-state index is 13.7. The topological polar surface area (TPSA) is 15.3 Å². The fourth-order valence-electron chi connectivity index (χ4n) is 1.91. The molecule has 1 aromatic rings. The lowest BCUT2D eigenvalue weighted by molar-refractivity contribution is -0.120. The molecule has 0 saturated heterocycles. The van der Waals surface area contributed by atoms with Crippen LogP contribution >= 0.6 is 0 Å². The van der Waals surface area contributed by atoms with Crippen molar-refractivity contribution >= 4 is 5.69 Å². The molecule has 0 aliphatic carbocycles. The van der Waals surface area contributed by atoms with E-state index in [1.54, 1.807) is 20.9 Å². The van der Waals surface area contributed by atoms with Gasteiger partial charge in [-0.1, -0.05) is 6.07 Å². The zero-order valence-corrected chi connectivity index (χ0v) is 11.2. The predicted molar refractivity (Wildman–Crippen MR) is 67.7 cm³/mol. The van der Waals surface area contributed by atoms with Crippen LogP contribution in [-0.2, 0) is 6.54 Å². The van der Waals surface area contributed by atoms with Gasteiger partial charge in [0.15, 0.2) is 0 Å². The first-order valence-electron chi connectivity index (χ1n) is 6.01. The second-order valence-corrected chi connectivity index (χ2v) is 4.60. The summed E-state index contributed by atoms with van der Waals surface area (Å²) >= 11 is 0. The molecule has 0 saturated carbocycles. The minimum Gasteiger partial charge on any atom is -0.360 e. The number of halogens is 4. The molecule has 1 rings (SSSR count). The van der Waals surface area contributed by atoms with Gasteiger partial charge in [0.05, 0.1) is 0 Å². The Morgan fingerprint density at radius 3 is 2.37 bits per heavy atom. The van der Waals surface area contributed by atoms with Crippen molar-refractivity contribution in [2.75, 3.05) is 18.5 Å². The van der Waals surface area contributed by atoms with Crippen LogP contribution in [0.2, 0.25) is 0 Å². The maximum Gasteiger partial charge on any atom is 0.405 e. The SMILES string of the molecule is CNCc1c(F)cccc1N(CC(F)(F)F)C(C)C. The molecule has 2 nitrogen and oxygen atoms in total. The fourth-order valence-corrected chi connectivity index (χ4v) is 1.91. The molecule has 0 unspecified atom stereocenters. The van der Waals surface area contributed by atoms with Gasteiger partial charge in [-0.3, -0.25) is 0 Å². The van der Waals surface area contributed by atoms with Crippen LogP contribution in [0.25, 0.3) is 0 Å². The van der Waals surface area contributed by atoms with Crippen LogP contribution in [0.4, 0.5) is 23.2 Å². The van der Waals surface area contributed by atoms with Crippen molar-refractivity contribution in [2.45, 2.75) is 32.6 Å². The minimum absolute atomic E-state index is 0.184. The first-order chi connectivity index (χ1) is 8.76. The summed E-state index contributed by atoms with van der Waals surface area (Å²) in [6.07, 6.45) is -4.33. The third-order valence-corrected chi connectivity index (χ3v) is 2.73. The minimum atomic E-state index is -4.33. The summed E-state index contributed by atoms with van der Waals surface area (Å²) in [4.78, 5) is 1.16. The lowest BCUT2D eigenvalue weighted by Crippen LogP contribution is -2.40. The van der Waals surface area contributed by atoms with Crippen molar-refractivity contribution in [1.29, 1.82) is 0 Å². The molecule has 0 fully saturated rings. The van der Waals surface area contributed by atoms with Crippen molar-refractivity contribution in [2.24, 2.45) is 0 Å². The molecule has 0 heterocycles. The molecule has 0 aliphatic rings. The van der Waals surface area contributed by atoms with E-state index in [2.05, 4.69) is 5.32 Å². The molecule has 0 spiro atoms. The van der Waals surface area contributed by atoms with E-state index >= 15 is 0 Å². The van der Waals surface area contributed by atoms with Crippen LogP contribution < -0.4 is 10.2 Å². The Kier molecular flexibility index (Phi) is 5.17. The Hall–Kier alpha value is -1.30. The zero-order valence-electron chi connectivity index (χ0n) is 11.2. The molecule has 0 atom stereocenters. The third-order valence-electron chi connectivity index (χ3n) is 2.73. The number of rotatable bonds is 5. The van der Waals surface area contributed by atoms with Crippen molar-refractivity contribution in [3.63, 3.8) is 0 Å². The highest BCUT2D eigenvalue weighted by Crippen LogP contribution is 2.28. The average Bonchev–Trinajstić information content (AvgIpc) is 2.28. The van der Waals surface area contributed by atoms with E-state index < -0.39 is 18.5 Å². The van der Waals surface area contributed by atoms with Crippen molar-refractivity contribution in [3.8, 4) is 0 Å². The van der Waals surface area contributed by atoms with Gasteiger partial charge in [-0.25, -0.2) is 4.39 Å². The smallest absolute Gasteiger partial charge is 0.360 e. The molecular weight excluding hydrogens is 260 g/mol. The lowest BCUT2D eigenvalue weighted by Gasteiger charge is -2.31. The number of anilines is 1. The molecule has 0 amide bonds. The number of nitrogens with one attached hydrogen (secondary N) is 1. The van der Waals surface area contributed by atoms with Crippen LogP contribution in [0.15, 0.2) is 18.2 Å². The third kappa shape index (κ3) is 4.38. The van der Waals surface area contributed by atoms with Gasteiger partial charge < -0.3 is 10.2 Å². The van der Waals surface area contributed by atoms with Crippen molar-refractivity contribution in [1.82, 2.24) is 5.32 Å². The Morgan fingerprint density at radius 2 is 1.89 bits per heavy atom. The zero-order chi connectivity index (χ0) is 14.6. The molecule has 0 aliphatic heterocycles. The molecule has 108 valence electrons. The monoisotopic (exact) mass is 278 g/mol. The summed E-state index contributed by atoms with van der Waals surface area (Å²) in [5.74, 6) is -0.500. The van der Waals surface area contributed by atoms with E-state index in [-0.39, 0.29) is 23.8 Å². The summed E-state index contributed by atoms with van der Waals surface area (Å²) in [5, 5.41) is 2.77. The quantitative estimate of drug-likeness (QED) is 0.831. The number of nitrogens with zero attached hydrogens (tertiary/aromatic N) is 1. The first-order valence-corrected chi connectivity index (χ1v) is 6.01. The Bertz CT molecular complexity index is 416. The summed E-state index contributed by atoms with van der Waals surface area (Å²) in [6.45, 7) is 2.40. The van der Waals surface area contributed by atoms with Gasteiger partial charge in [-0.05, 0) is 33.0 Å². The largest absolute Gasteiger partial charge is 0.405 e. The number of alkyl halides is 3. The number of hydrogen-bond donors (Lipinski definition) is 1. The molecule has 1 N–H and O–H groups in total. The maximum absolute atomic E-state index is 13.7. The number of hydrogen-bond acceptors (Lipinski definition) is 2. The highest BCUT2D eigenvalue weighted by molar-refractivity contribution is 5.55. The molecule has 6 heteroatoms. The standard InChI is InChI=1S/C13H18F4N2/c1-9(2)19(8-13(15,16)17)12-6-4-5-11(14)10(12)7-18-3/h4-6,9,18H,7-8H2,1-3H3. The molecule has 0 radical (unpaired) electrons. The molecule has 0 aromatic heterocycles. The highest BCUT2D eigenvalue weighted by Gasteiger charge is 2.33. The Morgan fingerprint density at radius 1 is 1.26 bits per heavy atom. The van der Waals surface area contributed by atoms with Gasteiger partial charge in [-0.2, -0.15) is 13.2 Å². The van der Waals surface area contributed by atoms with Crippen LogP contribution in [0.3, 0.4) is 0 Å². The molecule has 19 heavy (non-hydrogen) atoms. The summed E-state index contributed by atoms with van der Waals surface area (Å²) < 4.78 is 51.6. The van der Waals surface area contributed by atoms with Gasteiger partial charge in [0, 0.05) is 23.8 Å². The van der Waals surface area contributed by atoms with Crippen molar-refractivity contribution < 1.29 is 17.6 Å². The molecule has 0 bridgehead atoms. The van der Waals surface area contributed by atoms with Gasteiger partial charge in [0.25, 0.3) is 0 Å². The predicted octanol–water partition coefficient (Wildman–Crippen LogP) is 3.32. The van der Waals surface area contributed by atoms with Crippen LogP contribution in [0.5, 0.6) is 0 Å². The summed E-state index contributed by atoms with van der Waals surface area (Å²) in [7, 11) is 1.62. The second kappa shape index (κ2) is 6.23. The second-order valence-electron chi connectivity index (χ2n) is 4.60. The molecular formula is C13H18F4N2. The average molecular weight is 278 g/mol. The fraction of sp³-hybridized carbons (Fsp3) is 0.538. The number of benzene rings is 1.